The van der Waals surface area contributed by atoms with E-state index in [1.165, 1.54) is 10.6 Å². The molecule has 1 aliphatic heterocycles. The molecule has 4 rings (SSSR count). The molecular weight excluding hydrogens is 336 g/mol. The van der Waals surface area contributed by atoms with Gasteiger partial charge in [0.2, 0.25) is 0 Å². The van der Waals surface area contributed by atoms with Gasteiger partial charge in [0.25, 0.3) is 5.91 Å². The molecule has 0 fully saturated rings. The minimum absolute atomic E-state index is 0.0570. The largest absolute Gasteiger partial charge is 0.482 e. The quantitative estimate of drug-likeness (QED) is 0.783. The van der Waals surface area contributed by atoms with Gasteiger partial charge in [-0.25, -0.2) is 4.98 Å². The molecule has 6 nitrogen and oxygen atoms in total. The van der Waals surface area contributed by atoms with Crippen LogP contribution in [0.4, 0.5) is 5.69 Å². The second-order valence-corrected chi connectivity index (χ2v) is 7.29. The third-order valence-electron chi connectivity index (χ3n) is 4.71. The number of anilines is 1. The summed E-state index contributed by atoms with van der Waals surface area (Å²) in [6.45, 7) is 4.75. The summed E-state index contributed by atoms with van der Waals surface area (Å²) < 4.78 is 7.69. The topological polar surface area (TPSA) is 72.9 Å². The zero-order valence-electron chi connectivity index (χ0n) is 14.5. The van der Waals surface area contributed by atoms with Crippen molar-refractivity contribution < 1.29 is 9.53 Å². The molecule has 1 aromatic carbocycles. The number of hydrogen-bond acceptors (Lipinski definition) is 5. The predicted molar refractivity (Wildman–Crippen MR) is 99.4 cm³/mol. The van der Waals surface area contributed by atoms with Gasteiger partial charge in [0.05, 0.1) is 17.1 Å². The van der Waals surface area contributed by atoms with E-state index in [0.29, 0.717) is 12.3 Å². The monoisotopic (exact) mass is 356 g/mol. The summed E-state index contributed by atoms with van der Waals surface area (Å²) in [5.41, 5.74) is 10.9. The minimum Gasteiger partial charge on any atom is -0.482 e. The lowest BCUT2D eigenvalue weighted by Gasteiger charge is -2.26. The van der Waals surface area contributed by atoms with E-state index in [4.69, 9.17) is 15.5 Å². The molecule has 3 aromatic rings. The molecule has 7 heteroatoms. The number of carbonyl (C=O) groups excluding carboxylic acids is 1. The van der Waals surface area contributed by atoms with Gasteiger partial charge in [-0.15, -0.1) is 11.3 Å². The van der Waals surface area contributed by atoms with E-state index in [2.05, 4.69) is 18.2 Å². The third kappa shape index (κ3) is 2.34. The summed E-state index contributed by atoms with van der Waals surface area (Å²) in [4.78, 5) is 20.6. The lowest BCUT2D eigenvalue weighted by atomic mass is 10.1. The molecular formula is C18H20N4O2S. The highest BCUT2D eigenvalue weighted by atomic mass is 32.1. The Hall–Kier alpha value is -2.38. The molecule has 0 saturated heterocycles. The second-order valence-electron chi connectivity index (χ2n) is 6.11. The first-order chi connectivity index (χ1) is 12.0. The van der Waals surface area contributed by atoms with Gasteiger partial charge in [-0.2, -0.15) is 0 Å². The normalized spacial score (nSPS) is 14.1. The van der Waals surface area contributed by atoms with Crippen LogP contribution in [0.15, 0.2) is 18.2 Å². The molecule has 3 heterocycles. The number of rotatable bonds is 3. The van der Waals surface area contributed by atoms with Crippen molar-refractivity contribution in [3.63, 3.8) is 0 Å². The molecule has 2 N–H and O–H groups in total. The number of thiazole rings is 1. The average Bonchev–Trinajstić information content (AvgIpc) is 3.11. The maximum Gasteiger partial charge on any atom is 0.264 e. The van der Waals surface area contributed by atoms with Crippen LogP contribution in [0.2, 0.25) is 0 Å². The number of aryl methyl sites for hydroxylation is 2. The minimum atomic E-state index is -0.0570. The van der Waals surface area contributed by atoms with Gasteiger partial charge < -0.3 is 15.4 Å². The number of nitrogens with two attached hydrogens (primary N) is 1. The number of aromatic nitrogens is 2. The number of benzene rings is 1. The molecule has 0 bridgehead atoms. The average molecular weight is 356 g/mol. The van der Waals surface area contributed by atoms with Crippen LogP contribution in [0.3, 0.4) is 0 Å². The van der Waals surface area contributed by atoms with Gasteiger partial charge in [0.1, 0.15) is 5.75 Å². The van der Waals surface area contributed by atoms with E-state index in [-0.39, 0.29) is 12.5 Å². The Kier molecular flexibility index (Phi) is 3.77. The summed E-state index contributed by atoms with van der Waals surface area (Å²) >= 11 is 1.69. The highest BCUT2D eigenvalue weighted by Gasteiger charge is 2.24. The fourth-order valence-electron chi connectivity index (χ4n) is 3.38. The maximum atomic E-state index is 11.9. The Morgan fingerprint density at radius 3 is 2.88 bits per heavy atom. The standard InChI is InChI=1S/C18H20N4O2S/c1-4-12-10(2)25-18-20-17(14(8-19)22(12)18)11-5-6-15-13(7-11)21(3)16(23)9-24-15/h5-7H,4,8-9,19H2,1-3H3. The van der Waals surface area contributed by atoms with Crippen LogP contribution in [0.5, 0.6) is 5.75 Å². The highest BCUT2D eigenvalue weighted by molar-refractivity contribution is 7.17. The molecule has 130 valence electrons. The summed E-state index contributed by atoms with van der Waals surface area (Å²) in [5.74, 6) is 0.657. The molecule has 0 atom stereocenters. The molecule has 0 aliphatic carbocycles. The van der Waals surface area contributed by atoms with E-state index in [0.717, 1.165) is 34.0 Å². The van der Waals surface area contributed by atoms with Crippen LogP contribution in [0, 0.1) is 6.92 Å². The predicted octanol–water partition coefficient (Wildman–Crippen LogP) is 2.75. The molecule has 1 amide bonds. The van der Waals surface area contributed by atoms with Crippen molar-refractivity contribution in [2.24, 2.45) is 5.73 Å². The van der Waals surface area contributed by atoms with Crippen molar-refractivity contribution in [2.45, 2.75) is 26.8 Å². The first-order valence-electron chi connectivity index (χ1n) is 8.28. The number of nitrogens with zero attached hydrogens (tertiary/aromatic N) is 3. The van der Waals surface area contributed by atoms with Crippen LogP contribution >= 0.6 is 11.3 Å². The van der Waals surface area contributed by atoms with Crippen LogP contribution in [0.1, 0.15) is 23.2 Å². The fourth-order valence-corrected chi connectivity index (χ4v) is 4.45. The number of hydrogen-bond donors (Lipinski definition) is 1. The van der Waals surface area contributed by atoms with Crippen LogP contribution in [-0.4, -0.2) is 28.9 Å². The first-order valence-corrected chi connectivity index (χ1v) is 9.10. The van der Waals surface area contributed by atoms with E-state index in [1.54, 1.807) is 23.3 Å². The van der Waals surface area contributed by atoms with Crippen molar-refractivity contribution in [1.29, 1.82) is 0 Å². The number of imidazole rings is 1. The zero-order valence-corrected chi connectivity index (χ0v) is 15.3. The van der Waals surface area contributed by atoms with E-state index >= 15 is 0 Å². The van der Waals surface area contributed by atoms with Crippen molar-refractivity contribution in [3.05, 3.63) is 34.5 Å². The van der Waals surface area contributed by atoms with Crippen LogP contribution in [0.25, 0.3) is 16.2 Å². The highest BCUT2D eigenvalue weighted by Crippen LogP contribution is 2.37. The summed E-state index contributed by atoms with van der Waals surface area (Å²) in [6, 6.07) is 5.83. The first kappa shape index (κ1) is 16.1. The molecule has 0 radical (unpaired) electrons. The Morgan fingerprint density at radius 2 is 2.16 bits per heavy atom. The second kappa shape index (κ2) is 5.86. The Balaban J connectivity index is 1.91. The molecule has 0 saturated carbocycles. The van der Waals surface area contributed by atoms with E-state index in [9.17, 15) is 4.79 Å². The van der Waals surface area contributed by atoms with Gasteiger partial charge in [-0.1, -0.05) is 6.92 Å². The molecule has 25 heavy (non-hydrogen) atoms. The molecule has 0 unspecified atom stereocenters. The summed E-state index contributed by atoms with van der Waals surface area (Å²) in [6.07, 6.45) is 0.934. The van der Waals surface area contributed by atoms with Crippen LogP contribution < -0.4 is 15.4 Å². The Labute approximate surface area is 149 Å². The van der Waals surface area contributed by atoms with Gasteiger partial charge in [0, 0.05) is 29.7 Å². The van der Waals surface area contributed by atoms with Crippen LogP contribution in [-0.2, 0) is 17.8 Å². The van der Waals surface area contributed by atoms with Crippen molar-refractivity contribution >= 4 is 27.9 Å². The zero-order chi connectivity index (χ0) is 17.7. The maximum absolute atomic E-state index is 11.9. The number of amides is 1. The number of likely N-dealkylation sites (N-methyl/N-ethyl adjacent to an activating group) is 1. The number of carbonyl (C=O) groups is 1. The van der Waals surface area contributed by atoms with Crippen molar-refractivity contribution in [1.82, 2.24) is 9.38 Å². The van der Waals surface area contributed by atoms with Crippen molar-refractivity contribution in [2.75, 3.05) is 18.6 Å². The fraction of sp³-hybridized carbons (Fsp3) is 0.333. The molecule has 1 aliphatic rings. The van der Waals surface area contributed by atoms with E-state index in [1.807, 2.05) is 18.2 Å². The van der Waals surface area contributed by atoms with Gasteiger partial charge in [0.15, 0.2) is 11.6 Å². The smallest absolute Gasteiger partial charge is 0.264 e. The molecule has 0 spiro atoms. The number of ether oxygens (including phenoxy) is 1. The van der Waals surface area contributed by atoms with Crippen molar-refractivity contribution in [3.8, 4) is 17.0 Å². The van der Waals surface area contributed by atoms with Gasteiger partial charge >= 0.3 is 0 Å². The number of fused-ring (bicyclic) bond motifs is 2. The lowest BCUT2D eigenvalue weighted by molar-refractivity contribution is -0.120. The summed E-state index contributed by atoms with van der Waals surface area (Å²) in [7, 11) is 1.77. The van der Waals surface area contributed by atoms with Gasteiger partial charge in [-0.3, -0.25) is 9.20 Å². The Morgan fingerprint density at radius 1 is 1.36 bits per heavy atom. The van der Waals surface area contributed by atoms with E-state index < -0.39 is 0 Å². The lowest BCUT2D eigenvalue weighted by Crippen LogP contribution is -2.35. The Bertz CT molecular complexity index is 989. The SMILES string of the molecule is CCc1c(C)sc2nc(-c3ccc4c(c3)N(C)C(=O)CO4)c(CN)n12. The molecule has 2 aromatic heterocycles. The summed E-state index contributed by atoms with van der Waals surface area (Å²) in [5, 5.41) is 0. The third-order valence-corrected chi connectivity index (χ3v) is 5.71. The van der Waals surface area contributed by atoms with Gasteiger partial charge in [-0.05, 0) is 31.5 Å².